The maximum absolute atomic E-state index is 5.72. The summed E-state index contributed by atoms with van der Waals surface area (Å²) in [6.45, 7) is 8.43. The van der Waals surface area contributed by atoms with Gasteiger partial charge in [0.15, 0.2) is 0 Å². The molecule has 0 radical (unpaired) electrons. The van der Waals surface area contributed by atoms with Gasteiger partial charge in [0.25, 0.3) is 0 Å². The van der Waals surface area contributed by atoms with Gasteiger partial charge in [-0.15, -0.1) is 0 Å². The third-order valence-corrected chi connectivity index (χ3v) is 3.43. The number of hydrogen-bond donors (Lipinski definition) is 1. The molecule has 1 aromatic heterocycles. The number of hydrogen-bond acceptors (Lipinski definition) is 3. The zero-order valence-corrected chi connectivity index (χ0v) is 13.3. The van der Waals surface area contributed by atoms with Crippen molar-refractivity contribution in [2.75, 3.05) is 13.2 Å². The van der Waals surface area contributed by atoms with E-state index in [0.717, 1.165) is 43.9 Å². The van der Waals surface area contributed by atoms with Crippen LogP contribution in [0, 0.1) is 0 Å². The molecule has 1 unspecified atom stereocenters. The second kappa shape index (κ2) is 10.7. The molecule has 0 saturated heterocycles. The summed E-state index contributed by atoms with van der Waals surface area (Å²) in [4.78, 5) is 4.53. The Morgan fingerprint density at radius 2 is 1.95 bits per heavy atom. The minimum Gasteiger partial charge on any atom is -0.492 e. The van der Waals surface area contributed by atoms with Gasteiger partial charge in [0.2, 0.25) is 0 Å². The van der Waals surface area contributed by atoms with Gasteiger partial charge in [0.05, 0.1) is 18.5 Å². The van der Waals surface area contributed by atoms with E-state index in [1.807, 2.05) is 12.3 Å². The van der Waals surface area contributed by atoms with Gasteiger partial charge in [-0.25, -0.2) is 0 Å². The molecular weight excluding hydrogens is 248 g/mol. The molecule has 1 rings (SSSR count). The molecule has 1 N–H and O–H groups in total. The third kappa shape index (κ3) is 6.38. The molecule has 3 nitrogen and oxygen atoms in total. The largest absolute Gasteiger partial charge is 0.492 e. The van der Waals surface area contributed by atoms with Crippen LogP contribution in [0.1, 0.15) is 71.0 Å². The smallest absolute Gasteiger partial charge is 0.137 e. The Balaban J connectivity index is 2.38. The van der Waals surface area contributed by atoms with Crippen molar-refractivity contribution < 1.29 is 4.74 Å². The van der Waals surface area contributed by atoms with Crippen LogP contribution in [0.3, 0.4) is 0 Å². The van der Waals surface area contributed by atoms with Gasteiger partial charge in [-0.1, -0.05) is 40.0 Å². The van der Waals surface area contributed by atoms with E-state index in [-0.39, 0.29) is 0 Å². The Hall–Kier alpha value is -1.09. The Labute approximate surface area is 124 Å². The first-order chi connectivity index (χ1) is 9.81. The monoisotopic (exact) mass is 278 g/mol. The van der Waals surface area contributed by atoms with Crippen LogP contribution in [0.4, 0.5) is 0 Å². The number of ether oxygens (including phenoxy) is 1. The van der Waals surface area contributed by atoms with E-state index in [1.54, 1.807) is 0 Å². The molecule has 114 valence electrons. The normalized spacial score (nSPS) is 12.3. The second-order valence-corrected chi connectivity index (χ2v) is 5.24. The molecule has 0 bridgehead atoms. The summed E-state index contributed by atoms with van der Waals surface area (Å²) >= 11 is 0. The minimum absolute atomic E-state index is 0.355. The van der Waals surface area contributed by atoms with Crippen LogP contribution in [0.25, 0.3) is 0 Å². The zero-order valence-electron chi connectivity index (χ0n) is 13.3. The van der Waals surface area contributed by atoms with Crippen LogP contribution < -0.4 is 10.1 Å². The van der Waals surface area contributed by atoms with E-state index < -0.39 is 0 Å². The fourth-order valence-corrected chi connectivity index (χ4v) is 2.18. The van der Waals surface area contributed by atoms with Crippen LogP contribution in [0.5, 0.6) is 5.75 Å². The van der Waals surface area contributed by atoms with Gasteiger partial charge in [-0.05, 0) is 37.9 Å². The molecule has 0 aliphatic carbocycles. The summed E-state index contributed by atoms with van der Waals surface area (Å²) in [5, 5.41) is 3.52. The Bertz CT molecular complexity index is 337. The maximum Gasteiger partial charge on any atom is 0.137 e. The third-order valence-electron chi connectivity index (χ3n) is 3.43. The highest BCUT2D eigenvalue weighted by atomic mass is 16.5. The predicted octanol–water partition coefficient (Wildman–Crippen LogP) is 4.49. The Morgan fingerprint density at radius 1 is 1.10 bits per heavy atom. The lowest BCUT2D eigenvalue weighted by Crippen LogP contribution is -2.22. The van der Waals surface area contributed by atoms with E-state index in [0.29, 0.717) is 6.04 Å². The first-order valence-corrected chi connectivity index (χ1v) is 8.13. The molecule has 1 atom stereocenters. The number of rotatable bonds is 11. The fourth-order valence-electron chi connectivity index (χ4n) is 2.18. The van der Waals surface area contributed by atoms with E-state index in [2.05, 4.69) is 37.1 Å². The number of nitrogens with one attached hydrogen (secondary N) is 1. The van der Waals surface area contributed by atoms with Crippen molar-refractivity contribution >= 4 is 0 Å². The lowest BCUT2D eigenvalue weighted by molar-refractivity contribution is 0.303. The molecule has 1 heterocycles. The average Bonchev–Trinajstić information content (AvgIpc) is 2.49. The summed E-state index contributed by atoms with van der Waals surface area (Å²) in [7, 11) is 0. The molecule has 0 spiro atoms. The first kappa shape index (κ1) is 17.0. The number of unbranched alkanes of at least 4 members (excludes halogenated alkanes) is 3. The molecule has 0 aliphatic rings. The lowest BCUT2D eigenvalue weighted by Gasteiger charge is -2.16. The van der Waals surface area contributed by atoms with Crippen LogP contribution in [-0.4, -0.2) is 18.1 Å². The van der Waals surface area contributed by atoms with Crippen molar-refractivity contribution in [3.8, 4) is 5.75 Å². The molecule has 1 aromatic rings. The molecule has 0 aromatic carbocycles. The van der Waals surface area contributed by atoms with Crippen LogP contribution in [-0.2, 0) is 0 Å². The van der Waals surface area contributed by atoms with E-state index in [1.165, 1.54) is 19.3 Å². The van der Waals surface area contributed by atoms with E-state index >= 15 is 0 Å². The first-order valence-electron chi connectivity index (χ1n) is 8.13. The zero-order chi connectivity index (χ0) is 14.6. The summed E-state index contributed by atoms with van der Waals surface area (Å²) in [5.74, 6) is 0.885. The van der Waals surface area contributed by atoms with Gasteiger partial charge in [0, 0.05) is 6.04 Å². The molecule has 3 heteroatoms. The standard InChI is InChI=1S/C17H30N2O/c1-4-7-8-9-13-20-15-10-11-17(19-14-15)16(6-3)18-12-5-2/h10-11,14,16,18H,4-9,12-13H2,1-3H3. The maximum atomic E-state index is 5.72. The van der Waals surface area contributed by atoms with Crippen molar-refractivity contribution in [1.82, 2.24) is 10.3 Å². The minimum atomic E-state index is 0.355. The topological polar surface area (TPSA) is 34.1 Å². The molecule has 0 amide bonds. The van der Waals surface area contributed by atoms with Gasteiger partial charge in [0.1, 0.15) is 5.75 Å². The summed E-state index contributed by atoms with van der Waals surface area (Å²) in [6.07, 6.45) is 9.00. The van der Waals surface area contributed by atoms with Crippen molar-refractivity contribution in [3.05, 3.63) is 24.0 Å². The van der Waals surface area contributed by atoms with Crippen molar-refractivity contribution in [1.29, 1.82) is 0 Å². The summed E-state index contributed by atoms with van der Waals surface area (Å²) in [5.41, 5.74) is 1.11. The number of pyridine rings is 1. The van der Waals surface area contributed by atoms with Crippen LogP contribution >= 0.6 is 0 Å². The van der Waals surface area contributed by atoms with Gasteiger partial charge >= 0.3 is 0 Å². The Morgan fingerprint density at radius 3 is 2.55 bits per heavy atom. The molecule has 20 heavy (non-hydrogen) atoms. The van der Waals surface area contributed by atoms with E-state index in [9.17, 15) is 0 Å². The highest BCUT2D eigenvalue weighted by Crippen LogP contribution is 2.17. The second-order valence-electron chi connectivity index (χ2n) is 5.24. The molecule has 0 saturated carbocycles. The van der Waals surface area contributed by atoms with Gasteiger partial charge < -0.3 is 10.1 Å². The molecular formula is C17H30N2O. The van der Waals surface area contributed by atoms with Gasteiger partial charge in [-0.2, -0.15) is 0 Å². The highest BCUT2D eigenvalue weighted by Gasteiger charge is 2.09. The molecule has 0 aliphatic heterocycles. The number of nitrogens with zero attached hydrogens (tertiary/aromatic N) is 1. The summed E-state index contributed by atoms with van der Waals surface area (Å²) < 4.78 is 5.72. The SMILES string of the molecule is CCCCCCOc1ccc(C(CC)NCCC)nc1. The van der Waals surface area contributed by atoms with E-state index in [4.69, 9.17) is 4.74 Å². The highest BCUT2D eigenvalue weighted by molar-refractivity contribution is 5.21. The van der Waals surface area contributed by atoms with Crippen molar-refractivity contribution in [2.45, 2.75) is 65.3 Å². The average molecular weight is 278 g/mol. The lowest BCUT2D eigenvalue weighted by atomic mass is 10.1. The number of aromatic nitrogens is 1. The van der Waals surface area contributed by atoms with Gasteiger partial charge in [-0.3, -0.25) is 4.98 Å². The Kier molecular flexibility index (Phi) is 9.05. The fraction of sp³-hybridized carbons (Fsp3) is 0.706. The van der Waals surface area contributed by atoms with Crippen LogP contribution in [0.2, 0.25) is 0 Å². The predicted molar refractivity (Wildman–Crippen MR) is 85.2 cm³/mol. The van der Waals surface area contributed by atoms with Crippen LogP contribution in [0.15, 0.2) is 18.3 Å². The molecule has 0 fully saturated rings. The van der Waals surface area contributed by atoms with Crippen molar-refractivity contribution in [3.63, 3.8) is 0 Å². The quantitative estimate of drug-likeness (QED) is 0.605. The summed E-state index contributed by atoms with van der Waals surface area (Å²) in [6, 6.07) is 4.48. The van der Waals surface area contributed by atoms with Crippen molar-refractivity contribution in [2.24, 2.45) is 0 Å².